The molecule has 0 amide bonds. The van der Waals surface area contributed by atoms with E-state index >= 15 is 0 Å². The molecule has 1 aromatic carbocycles. The van der Waals surface area contributed by atoms with E-state index in [2.05, 4.69) is 29.9 Å². The second kappa shape index (κ2) is 3.70. The Morgan fingerprint density at radius 3 is 2.83 bits per heavy atom. The molecule has 0 radical (unpaired) electrons. The molecule has 0 saturated carbocycles. The third-order valence-corrected chi connectivity index (χ3v) is 3.05. The fourth-order valence-corrected chi connectivity index (χ4v) is 2.30. The normalized spacial score (nSPS) is 16.1. The molecule has 1 aromatic heterocycles. The van der Waals surface area contributed by atoms with Gasteiger partial charge in [0.05, 0.1) is 5.69 Å². The van der Waals surface area contributed by atoms with Gasteiger partial charge in [0.15, 0.2) is 0 Å². The molecule has 2 aromatic rings. The predicted octanol–water partition coefficient (Wildman–Crippen LogP) is 2.44. The molecular weight excluding hydrogens is 226 g/mol. The van der Waals surface area contributed by atoms with Gasteiger partial charge in [-0.1, -0.05) is 0 Å². The zero-order valence-electron chi connectivity index (χ0n) is 10.5. The first kappa shape index (κ1) is 11.0. The Kier molecular flexibility index (Phi) is 2.26. The van der Waals surface area contributed by atoms with Crippen molar-refractivity contribution >= 4 is 5.82 Å². The van der Waals surface area contributed by atoms with E-state index in [4.69, 9.17) is 10.5 Å². The third-order valence-electron chi connectivity index (χ3n) is 3.05. The lowest BCUT2D eigenvalue weighted by molar-refractivity contribution is 0.138. The number of hydrogen-bond donors (Lipinski definition) is 1. The van der Waals surface area contributed by atoms with Gasteiger partial charge in [-0.15, -0.1) is 0 Å². The Hall–Kier alpha value is -2.10. The van der Waals surface area contributed by atoms with Crippen LogP contribution in [-0.4, -0.2) is 15.6 Å². The first-order valence-electron chi connectivity index (χ1n) is 5.93. The van der Waals surface area contributed by atoms with Crippen LogP contribution in [0.4, 0.5) is 5.82 Å². The molecule has 0 atom stereocenters. The summed E-state index contributed by atoms with van der Waals surface area (Å²) in [5.41, 5.74) is 8.66. The minimum Gasteiger partial charge on any atom is -0.487 e. The molecule has 92 valence electrons. The first-order chi connectivity index (χ1) is 8.53. The first-order valence-corrected chi connectivity index (χ1v) is 5.93. The zero-order valence-corrected chi connectivity index (χ0v) is 10.5. The highest BCUT2D eigenvalue weighted by Gasteiger charge is 2.29. The predicted molar refractivity (Wildman–Crippen MR) is 70.3 cm³/mol. The topological polar surface area (TPSA) is 61.0 Å². The average molecular weight is 241 g/mol. The number of fused-ring (bicyclic) bond motifs is 1. The molecular formula is C14H15N3O. The van der Waals surface area contributed by atoms with Gasteiger partial charge in [-0.05, 0) is 37.6 Å². The number of nitrogens with two attached hydrogens (primary N) is 1. The smallest absolute Gasteiger partial charge is 0.127 e. The quantitative estimate of drug-likeness (QED) is 0.833. The second-order valence-electron chi connectivity index (χ2n) is 5.19. The summed E-state index contributed by atoms with van der Waals surface area (Å²) in [4.78, 5) is 8.14. The number of nitrogens with zero attached hydrogens (tertiary/aromatic N) is 2. The van der Waals surface area contributed by atoms with E-state index in [0.717, 1.165) is 23.4 Å². The number of aromatic nitrogens is 2. The number of anilines is 1. The van der Waals surface area contributed by atoms with E-state index in [1.54, 1.807) is 6.07 Å². The molecule has 0 spiro atoms. The summed E-state index contributed by atoms with van der Waals surface area (Å²) in [6, 6.07) is 7.90. The molecule has 1 aliphatic heterocycles. The number of hydrogen-bond acceptors (Lipinski definition) is 4. The van der Waals surface area contributed by atoms with E-state index in [1.807, 2.05) is 12.1 Å². The fraction of sp³-hybridized carbons (Fsp3) is 0.286. The summed E-state index contributed by atoms with van der Waals surface area (Å²) in [5.74, 6) is 1.45. The molecule has 4 nitrogen and oxygen atoms in total. The van der Waals surface area contributed by atoms with Crippen LogP contribution < -0.4 is 10.5 Å². The zero-order chi connectivity index (χ0) is 12.8. The Morgan fingerprint density at radius 2 is 2.06 bits per heavy atom. The van der Waals surface area contributed by atoms with Crippen LogP contribution >= 0.6 is 0 Å². The maximum absolute atomic E-state index is 5.85. The van der Waals surface area contributed by atoms with Crippen LogP contribution in [-0.2, 0) is 6.42 Å². The fourth-order valence-electron chi connectivity index (χ4n) is 2.30. The maximum atomic E-state index is 5.85. The van der Waals surface area contributed by atoms with Crippen LogP contribution in [0, 0.1) is 0 Å². The van der Waals surface area contributed by atoms with E-state index in [0.29, 0.717) is 5.82 Å². The molecule has 3 rings (SSSR count). The van der Waals surface area contributed by atoms with Crippen molar-refractivity contribution in [1.29, 1.82) is 0 Å². The number of nitrogen functional groups attached to an aromatic ring is 1. The molecule has 0 fully saturated rings. The van der Waals surface area contributed by atoms with Gasteiger partial charge < -0.3 is 10.5 Å². The lowest BCUT2D eigenvalue weighted by atomic mass is 9.99. The average Bonchev–Trinajstić information content (AvgIpc) is 2.61. The molecule has 18 heavy (non-hydrogen) atoms. The minimum atomic E-state index is -0.119. The van der Waals surface area contributed by atoms with Crippen molar-refractivity contribution in [3.8, 4) is 17.0 Å². The molecule has 1 aliphatic rings. The van der Waals surface area contributed by atoms with Crippen molar-refractivity contribution in [3.05, 3.63) is 36.2 Å². The molecule has 0 bridgehead atoms. The highest BCUT2D eigenvalue weighted by Crippen LogP contribution is 2.36. The van der Waals surface area contributed by atoms with Crippen LogP contribution in [0.3, 0.4) is 0 Å². The molecule has 2 heterocycles. The number of benzene rings is 1. The van der Waals surface area contributed by atoms with E-state index in [-0.39, 0.29) is 5.60 Å². The Bertz CT molecular complexity index is 608. The van der Waals surface area contributed by atoms with E-state index < -0.39 is 0 Å². The number of rotatable bonds is 1. The summed E-state index contributed by atoms with van der Waals surface area (Å²) in [6.07, 6.45) is 2.40. The van der Waals surface area contributed by atoms with Gasteiger partial charge >= 0.3 is 0 Å². The standard InChI is InChI=1S/C14H15N3O/c1-14(2)7-10-5-9(3-4-12(10)18-14)11-6-13(15)17-8-16-11/h3-6,8H,7H2,1-2H3,(H2,15,16,17). The van der Waals surface area contributed by atoms with Gasteiger partial charge in [-0.25, -0.2) is 9.97 Å². The number of ether oxygens (including phenoxy) is 1. The van der Waals surface area contributed by atoms with Gasteiger partial charge in [0.25, 0.3) is 0 Å². The van der Waals surface area contributed by atoms with Crippen molar-refractivity contribution < 1.29 is 4.74 Å². The Morgan fingerprint density at radius 1 is 1.22 bits per heavy atom. The highest BCUT2D eigenvalue weighted by atomic mass is 16.5. The molecule has 0 aliphatic carbocycles. The van der Waals surface area contributed by atoms with Crippen molar-refractivity contribution in [2.45, 2.75) is 25.9 Å². The van der Waals surface area contributed by atoms with Crippen LogP contribution in [0.5, 0.6) is 5.75 Å². The summed E-state index contributed by atoms with van der Waals surface area (Å²) in [7, 11) is 0. The van der Waals surface area contributed by atoms with Crippen molar-refractivity contribution in [3.63, 3.8) is 0 Å². The van der Waals surface area contributed by atoms with Gasteiger partial charge in [-0.2, -0.15) is 0 Å². The lowest BCUT2D eigenvalue weighted by Gasteiger charge is -2.16. The second-order valence-corrected chi connectivity index (χ2v) is 5.19. The maximum Gasteiger partial charge on any atom is 0.127 e. The largest absolute Gasteiger partial charge is 0.487 e. The van der Waals surface area contributed by atoms with Crippen molar-refractivity contribution in [2.75, 3.05) is 5.73 Å². The van der Waals surface area contributed by atoms with Crippen molar-refractivity contribution in [1.82, 2.24) is 9.97 Å². The monoisotopic (exact) mass is 241 g/mol. The van der Waals surface area contributed by atoms with Crippen LogP contribution in [0.25, 0.3) is 11.3 Å². The Labute approximate surface area is 106 Å². The van der Waals surface area contributed by atoms with Crippen LogP contribution in [0.1, 0.15) is 19.4 Å². The van der Waals surface area contributed by atoms with Gasteiger partial charge in [0.2, 0.25) is 0 Å². The van der Waals surface area contributed by atoms with E-state index in [1.165, 1.54) is 11.9 Å². The van der Waals surface area contributed by atoms with E-state index in [9.17, 15) is 0 Å². The molecule has 2 N–H and O–H groups in total. The summed E-state index contributed by atoms with van der Waals surface area (Å²) >= 11 is 0. The summed E-state index contributed by atoms with van der Waals surface area (Å²) in [6.45, 7) is 4.19. The van der Waals surface area contributed by atoms with Crippen LogP contribution in [0.15, 0.2) is 30.6 Å². The van der Waals surface area contributed by atoms with Gasteiger partial charge in [-0.3, -0.25) is 0 Å². The Balaban J connectivity index is 2.02. The minimum absolute atomic E-state index is 0.119. The lowest BCUT2D eigenvalue weighted by Crippen LogP contribution is -2.24. The van der Waals surface area contributed by atoms with Crippen molar-refractivity contribution in [2.24, 2.45) is 0 Å². The summed E-state index contributed by atoms with van der Waals surface area (Å²) < 4.78 is 5.85. The SMILES string of the molecule is CC1(C)Cc2cc(-c3cc(N)ncn3)ccc2O1. The third kappa shape index (κ3) is 1.90. The molecule has 4 heteroatoms. The van der Waals surface area contributed by atoms with Gasteiger partial charge in [0.1, 0.15) is 23.5 Å². The molecule has 0 unspecified atom stereocenters. The highest BCUT2D eigenvalue weighted by molar-refractivity contribution is 5.64. The molecule has 0 saturated heterocycles. The van der Waals surface area contributed by atoms with Crippen LogP contribution in [0.2, 0.25) is 0 Å². The summed E-state index contributed by atoms with van der Waals surface area (Å²) in [5, 5.41) is 0. The van der Waals surface area contributed by atoms with Gasteiger partial charge in [0, 0.05) is 18.1 Å².